The summed E-state index contributed by atoms with van der Waals surface area (Å²) in [7, 11) is 1.68. The SMILES string of the molecule is CCCNC(c1ccc(Cl)c(OC)c1)C1CCCCS1. The standard InChI is InChI=1S/C16H24ClNOS/c1-3-9-18-16(15-6-4-5-10-20-15)12-7-8-13(17)14(11-12)19-2/h7-8,11,15-16,18H,3-6,9-10H2,1-2H3. The van der Waals surface area contributed by atoms with Gasteiger partial charge in [-0.2, -0.15) is 11.8 Å². The van der Waals surface area contributed by atoms with Gasteiger partial charge in [-0.25, -0.2) is 0 Å². The van der Waals surface area contributed by atoms with Crippen LogP contribution in [0.1, 0.15) is 44.2 Å². The van der Waals surface area contributed by atoms with Gasteiger partial charge in [0.15, 0.2) is 0 Å². The summed E-state index contributed by atoms with van der Waals surface area (Å²) in [6, 6.07) is 6.56. The van der Waals surface area contributed by atoms with Crippen LogP contribution >= 0.6 is 23.4 Å². The maximum atomic E-state index is 6.14. The fourth-order valence-corrected chi connectivity index (χ4v) is 4.31. The Hall–Kier alpha value is -0.380. The van der Waals surface area contributed by atoms with Gasteiger partial charge in [0.25, 0.3) is 0 Å². The van der Waals surface area contributed by atoms with Crippen molar-refractivity contribution >= 4 is 23.4 Å². The molecule has 1 aromatic carbocycles. The lowest BCUT2D eigenvalue weighted by Crippen LogP contribution is -2.32. The first kappa shape index (κ1) is 16.0. The fourth-order valence-electron chi connectivity index (χ4n) is 2.66. The van der Waals surface area contributed by atoms with Gasteiger partial charge < -0.3 is 10.1 Å². The first-order valence-electron chi connectivity index (χ1n) is 7.44. The van der Waals surface area contributed by atoms with E-state index in [1.165, 1.54) is 30.6 Å². The average molecular weight is 314 g/mol. The van der Waals surface area contributed by atoms with Crippen LogP contribution in [0.15, 0.2) is 18.2 Å². The largest absolute Gasteiger partial charge is 0.495 e. The van der Waals surface area contributed by atoms with Crippen LogP contribution in [-0.4, -0.2) is 24.7 Å². The Morgan fingerprint density at radius 3 is 2.95 bits per heavy atom. The summed E-state index contributed by atoms with van der Waals surface area (Å²) in [5, 5.41) is 5.04. The zero-order valence-electron chi connectivity index (χ0n) is 12.3. The second-order valence-electron chi connectivity index (χ2n) is 5.23. The zero-order valence-corrected chi connectivity index (χ0v) is 13.9. The van der Waals surface area contributed by atoms with Gasteiger partial charge in [-0.05, 0) is 49.3 Å². The third-order valence-corrected chi connectivity index (χ3v) is 5.51. The average Bonchev–Trinajstić information content (AvgIpc) is 2.50. The van der Waals surface area contributed by atoms with E-state index in [2.05, 4.69) is 36.1 Å². The second kappa shape index (κ2) is 8.16. The lowest BCUT2D eigenvalue weighted by atomic mass is 9.99. The number of hydrogen-bond acceptors (Lipinski definition) is 3. The van der Waals surface area contributed by atoms with Crippen molar-refractivity contribution in [1.82, 2.24) is 5.32 Å². The Bertz CT molecular complexity index is 421. The summed E-state index contributed by atoms with van der Waals surface area (Å²) < 4.78 is 5.36. The van der Waals surface area contributed by atoms with Crippen LogP contribution in [-0.2, 0) is 0 Å². The molecule has 1 aliphatic rings. The molecule has 2 rings (SSSR count). The molecule has 2 unspecified atom stereocenters. The zero-order chi connectivity index (χ0) is 14.4. The van der Waals surface area contributed by atoms with E-state index in [1.54, 1.807) is 7.11 Å². The maximum absolute atomic E-state index is 6.14. The third-order valence-electron chi connectivity index (χ3n) is 3.74. The van der Waals surface area contributed by atoms with E-state index in [4.69, 9.17) is 16.3 Å². The highest BCUT2D eigenvalue weighted by Crippen LogP contribution is 2.37. The molecule has 2 atom stereocenters. The van der Waals surface area contributed by atoms with Gasteiger partial charge >= 0.3 is 0 Å². The van der Waals surface area contributed by atoms with Crippen LogP contribution in [0.25, 0.3) is 0 Å². The molecule has 0 saturated carbocycles. The molecule has 0 bridgehead atoms. The Labute approximate surface area is 131 Å². The molecule has 1 fully saturated rings. The van der Waals surface area contributed by atoms with Crippen LogP contribution < -0.4 is 10.1 Å². The molecule has 2 nitrogen and oxygen atoms in total. The summed E-state index contributed by atoms with van der Waals surface area (Å²) in [4.78, 5) is 0. The van der Waals surface area contributed by atoms with Gasteiger partial charge in [-0.1, -0.05) is 31.0 Å². The van der Waals surface area contributed by atoms with Crippen LogP contribution in [0.3, 0.4) is 0 Å². The molecule has 1 saturated heterocycles. The monoisotopic (exact) mass is 313 g/mol. The van der Waals surface area contributed by atoms with Gasteiger partial charge in [0.1, 0.15) is 5.75 Å². The predicted octanol–water partition coefficient (Wildman–Crippen LogP) is 4.68. The van der Waals surface area contributed by atoms with Crippen molar-refractivity contribution in [2.24, 2.45) is 0 Å². The minimum absolute atomic E-state index is 0.395. The van der Waals surface area contributed by atoms with Crippen molar-refractivity contribution in [3.8, 4) is 5.75 Å². The highest BCUT2D eigenvalue weighted by molar-refractivity contribution is 8.00. The number of thioether (sulfide) groups is 1. The Morgan fingerprint density at radius 1 is 1.45 bits per heavy atom. The number of nitrogens with one attached hydrogen (secondary N) is 1. The summed E-state index contributed by atoms with van der Waals surface area (Å²) in [6.07, 6.45) is 5.13. The highest BCUT2D eigenvalue weighted by Gasteiger charge is 2.25. The van der Waals surface area contributed by atoms with Crippen molar-refractivity contribution in [3.05, 3.63) is 28.8 Å². The Morgan fingerprint density at radius 2 is 2.30 bits per heavy atom. The van der Waals surface area contributed by atoms with E-state index in [1.807, 2.05) is 6.07 Å². The lowest BCUT2D eigenvalue weighted by molar-refractivity contribution is 0.412. The molecule has 1 aromatic rings. The molecule has 0 spiro atoms. The molecule has 4 heteroatoms. The lowest BCUT2D eigenvalue weighted by Gasteiger charge is -2.31. The predicted molar refractivity (Wildman–Crippen MR) is 89.1 cm³/mol. The molecular formula is C16H24ClNOS. The Balaban J connectivity index is 2.20. The molecule has 0 aromatic heterocycles. The van der Waals surface area contributed by atoms with E-state index in [0.29, 0.717) is 16.3 Å². The third kappa shape index (κ3) is 4.06. The molecule has 0 radical (unpaired) electrons. The smallest absolute Gasteiger partial charge is 0.137 e. The topological polar surface area (TPSA) is 21.3 Å². The van der Waals surface area contributed by atoms with Crippen molar-refractivity contribution in [3.63, 3.8) is 0 Å². The van der Waals surface area contributed by atoms with E-state index in [0.717, 1.165) is 18.7 Å². The Kier molecular flexibility index (Phi) is 6.53. The minimum Gasteiger partial charge on any atom is -0.495 e. The van der Waals surface area contributed by atoms with E-state index in [9.17, 15) is 0 Å². The maximum Gasteiger partial charge on any atom is 0.137 e. The minimum atomic E-state index is 0.395. The van der Waals surface area contributed by atoms with Gasteiger partial charge in [-0.3, -0.25) is 0 Å². The number of methoxy groups -OCH3 is 1. The van der Waals surface area contributed by atoms with Gasteiger partial charge in [0, 0.05) is 11.3 Å². The highest BCUT2D eigenvalue weighted by atomic mass is 35.5. The normalized spacial score (nSPS) is 20.6. The van der Waals surface area contributed by atoms with Gasteiger partial charge in [-0.15, -0.1) is 0 Å². The molecule has 112 valence electrons. The molecule has 1 aliphatic heterocycles. The van der Waals surface area contributed by atoms with E-state index < -0.39 is 0 Å². The summed E-state index contributed by atoms with van der Waals surface area (Å²) in [5.41, 5.74) is 1.29. The molecular weight excluding hydrogens is 290 g/mol. The van der Waals surface area contributed by atoms with Crippen molar-refractivity contribution in [2.45, 2.75) is 43.9 Å². The molecule has 1 N–H and O–H groups in total. The first-order chi connectivity index (χ1) is 9.76. The summed E-state index contributed by atoms with van der Waals surface area (Å²) in [5.74, 6) is 2.05. The van der Waals surface area contributed by atoms with E-state index >= 15 is 0 Å². The first-order valence-corrected chi connectivity index (χ1v) is 8.87. The number of hydrogen-bond donors (Lipinski definition) is 1. The van der Waals surface area contributed by atoms with E-state index in [-0.39, 0.29) is 0 Å². The molecule has 20 heavy (non-hydrogen) atoms. The van der Waals surface area contributed by atoms with Crippen LogP contribution in [0.2, 0.25) is 5.02 Å². The molecule has 0 aliphatic carbocycles. The van der Waals surface area contributed by atoms with Crippen molar-refractivity contribution in [1.29, 1.82) is 0 Å². The summed E-state index contributed by atoms with van der Waals surface area (Å²) in [6.45, 7) is 3.26. The number of halogens is 1. The fraction of sp³-hybridized carbons (Fsp3) is 0.625. The van der Waals surface area contributed by atoms with Crippen LogP contribution in [0, 0.1) is 0 Å². The van der Waals surface area contributed by atoms with Gasteiger partial charge in [0.2, 0.25) is 0 Å². The van der Waals surface area contributed by atoms with Crippen molar-refractivity contribution < 1.29 is 4.74 Å². The number of ether oxygens (including phenoxy) is 1. The molecule has 0 amide bonds. The van der Waals surface area contributed by atoms with Crippen LogP contribution in [0.5, 0.6) is 5.75 Å². The van der Waals surface area contributed by atoms with Crippen molar-refractivity contribution in [2.75, 3.05) is 19.4 Å². The number of rotatable bonds is 6. The molecule has 1 heterocycles. The van der Waals surface area contributed by atoms with Gasteiger partial charge in [0.05, 0.1) is 12.1 Å². The quantitative estimate of drug-likeness (QED) is 0.824. The second-order valence-corrected chi connectivity index (χ2v) is 6.99. The number of benzene rings is 1. The summed E-state index contributed by atoms with van der Waals surface area (Å²) >= 11 is 8.24. The van der Waals surface area contributed by atoms with Crippen LogP contribution in [0.4, 0.5) is 0 Å².